The summed E-state index contributed by atoms with van der Waals surface area (Å²) in [7, 11) is 1.65. The Morgan fingerprint density at radius 3 is 3.55 bits per heavy atom. The number of ether oxygens (including phenoxy) is 1. The minimum atomic E-state index is 0.0810. The molecule has 0 spiro atoms. The first-order chi connectivity index (χ1) is 5.42. The largest absolute Gasteiger partial charge is 0.404 e. The molecule has 0 aliphatic carbocycles. The average Bonchev–Trinajstić information content (AvgIpc) is 2.53. The van der Waals surface area contributed by atoms with Crippen LogP contribution < -0.4 is 10.3 Å². The molecule has 0 amide bonds. The van der Waals surface area contributed by atoms with Gasteiger partial charge in [0, 0.05) is 7.11 Å². The second-order valence-electron chi connectivity index (χ2n) is 2.38. The molecule has 60 valence electrons. The number of aromatic nitrogens is 2. The second-order valence-corrected chi connectivity index (χ2v) is 2.38. The monoisotopic (exact) mass is 155 g/mol. The van der Waals surface area contributed by atoms with Gasteiger partial charge in [-0.25, -0.2) is 0 Å². The molecule has 5 nitrogen and oxygen atoms in total. The van der Waals surface area contributed by atoms with Crippen molar-refractivity contribution < 1.29 is 9.57 Å². The number of rotatable bonds is 2. The maximum absolute atomic E-state index is 5.08. The fraction of sp³-hybridized carbons (Fsp3) is 0.500. The van der Waals surface area contributed by atoms with Gasteiger partial charge < -0.3 is 9.57 Å². The highest BCUT2D eigenvalue weighted by atomic mass is 16.7. The molecule has 0 fully saturated rings. The molecule has 0 aromatic carbocycles. The van der Waals surface area contributed by atoms with Crippen molar-refractivity contribution in [1.82, 2.24) is 15.7 Å². The summed E-state index contributed by atoms with van der Waals surface area (Å²) < 4.78 is 4.96. The Balaban J connectivity index is 2.18. The van der Waals surface area contributed by atoms with Crippen molar-refractivity contribution in [1.29, 1.82) is 0 Å². The molecular formula is C6H9N3O2. The minimum Gasteiger partial charge on any atom is -0.404 e. The van der Waals surface area contributed by atoms with E-state index in [9.17, 15) is 0 Å². The Morgan fingerprint density at radius 2 is 2.73 bits per heavy atom. The van der Waals surface area contributed by atoms with Crippen LogP contribution in [-0.2, 0) is 4.74 Å². The van der Waals surface area contributed by atoms with Crippen LogP contribution in [0.25, 0.3) is 0 Å². The molecule has 5 heteroatoms. The molecule has 1 atom stereocenters. The van der Waals surface area contributed by atoms with Crippen molar-refractivity contribution in [3.05, 3.63) is 11.9 Å². The van der Waals surface area contributed by atoms with Crippen LogP contribution in [0.3, 0.4) is 0 Å². The number of fused-ring (bicyclic) bond motifs is 1. The molecular weight excluding hydrogens is 146 g/mol. The minimum absolute atomic E-state index is 0.0810. The number of hydroxylamine groups is 1. The summed E-state index contributed by atoms with van der Waals surface area (Å²) in [6, 6.07) is 0.0810. The van der Waals surface area contributed by atoms with Gasteiger partial charge in [0.15, 0.2) is 5.75 Å². The van der Waals surface area contributed by atoms with E-state index in [4.69, 9.17) is 9.57 Å². The van der Waals surface area contributed by atoms with Crippen LogP contribution in [0.5, 0.6) is 5.75 Å². The molecule has 0 bridgehead atoms. The summed E-state index contributed by atoms with van der Waals surface area (Å²) in [5.74, 6) is 0.757. The Labute approximate surface area is 63.6 Å². The highest BCUT2D eigenvalue weighted by Crippen LogP contribution is 2.27. The van der Waals surface area contributed by atoms with E-state index in [0.717, 1.165) is 11.4 Å². The predicted octanol–water partition coefficient (Wildman–Crippen LogP) is -0.00580. The molecule has 0 radical (unpaired) electrons. The van der Waals surface area contributed by atoms with Gasteiger partial charge in [-0.05, 0) is 0 Å². The fourth-order valence-corrected chi connectivity index (χ4v) is 1.09. The van der Waals surface area contributed by atoms with Gasteiger partial charge >= 0.3 is 0 Å². The van der Waals surface area contributed by atoms with Crippen LogP contribution in [0, 0.1) is 0 Å². The summed E-state index contributed by atoms with van der Waals surface area (Å²) >= 11 is 0. The predicted molar refractivity (Wildman–Crippen MR) is 37.0 cm³/mol. The maximum Gasteiger partial charge on any atom is 0.189 e. The normalized spacial score (nSPS) is 21.4. The molecule has 0 saturated heterocycles. The molecule has 0 saturated carbocycles. The molecule has 1 aliphatic heterocycles. The van der Waals surface area contributed by atoms with E-state index in [1.807, 2.05) is 0 Å². The lowest BCUT2D eigenvalue weighted by Crippen LogP contribution is -2.21. The van der Waals surface area contributed by atoms with Gasteiger partial charge in [-0.1, -0.05) is 0 Å². The number of hydrogen-bond donors (Lipinski definition) is 2. The number of nitrogens with one attached hydrogen (secondary N) is 2. The van der Waals surface area contributed by atoms with Crippen LogP contribution in [0.1, 0.15) is 11.7 Å². The molecule has 2 rings (SSSR count). The van der Waals surface area contributed by atoms with E-state index in [2.05, 4.69) is 15.7 Å². The molecule has 1 aromatic heterocycles. The van der Waals surface area contributed by atoms with Crippen LogP contribution in [0.4, 0.5) is 0 Å². The first kappa shape index (κ1) is 6.63. The lowest BCUT2D eigenvalue weighted by molar-refractivity contribution is 0.113. The van der Waals surface area contributed by atoms with Crippen molar-refractivity contribution in [2.24, 2.45) is 0 Å². The van der Waals surface area contributed by atoms with E-state index >= 15 is 0 Å². The van der Waals surface area contributed by atoms with Crippen LogP contribution in [0.15, 0.2) is 6.20 Å². The quantitative estimate of drug-likeness (QED) is 0.630. The molecule has 1 aromatic rings. The summed E-state index contributed by atoms with van der Waals surface area (Å²) in [5.41, 5.74) is 3.76. The van der Waals surface area contributed by atoms with Crippen molar-refractivity contribution in [3.63, 3.8) is 0 Å². The van der Waals surface area contributed by atoms with E-state index in [-0.39, 0.29) is 6.04 Å². The van der Waals surface area contributed by atoms with E-state index in [1.165, 1.54) is 0 Å². The third-order valence-corrected chi connectivity index (χ3v) is 1.63. The zero-order valence-corrected chi connectivity index (χ0v) is 6.13. The van der Waals surface area contributed by atoms with Crippen LogP contribution >= 0.6 is 0 Å². The van der Waals surface area contributed by atoms with Crippen LogP contribution in [0.2, 0.25) is 0 Å². The standard InChI is InChI=1S/C6H9N3O2/c1-10-3-4-6-5(11-9-4)2-7-8-6/h2,4,9H,3H2,1H3,(H,7,8). The molecule has 2 N–H and O–H groups in total. The smallest absolute Gasteiger partial charge is 0.189 e. The van der Waals surface area contributed by atoms with E-state index in [0.29, 0.717) is 6.61 Å². The topological polar surface area (TPSA) is 59.2 Å². The maximum atomic E-state index is 5.08. The Hall–Kier alpha value is -1.07. The Bertz CT molecular complexity index is 248. The second kappa shape index (κ2) is 2.52. The molecule has 11 heavy (non-hydrogen) atoms. The lowest BCUT2D eigenvalue weighted by atomic mass is 10.2. The number of methoxy groups -OCH3 is 1. The van der Waals surface area contributed by atoms with E-state index in [1.54, 1.807) is 13.3 Å². The highest BCUT2D eigenvalue weighted by Gasteiger charge is 2.25. The first-order valence-corrected chi connectivity index (χ1v) is 3.36. The molecule has 1 unspecified atom stereocenters. The van der Waals surface area contributed by atoms with Gasteiger partial charge in [0.1, 0.15) is 11.7 Å². The number of nitrogens with zero attached hydrogens (tertiary/aromatic N) is 1. The zero-order chi connectivity index (χ0) is 7.68. The summed E-state index contributed by atoms with van der Waals surface area (Å²) in [6.07, 6.45) is 1.64. The molecule has 1 aliphatic rings. The first-order valence-electron chi connectivity index (χ1n) is 3.36. The van der Waals surface area contributed by atoms with Crippen molar-refractivity contribution >= 4 is 0 Å². The van der Waals surface area contributed by atoms with Crippen LogP contribution in [-0.4, -0.2) is 23.9 Å². The summed E-state index contributed by atoms with van der Waals surface area (Å²) in [6.45, 7) is 0.579. The van der Waals surface area contributed by atoms with Crippen molar-refractivity contribution in [3.8, 4) is 5.75 Å². The van der Waals surface area contributed by atoms with Crippen molar-refractivity contribution in [2.75, 3.05) is 13.7 Å². The SMILES string of the molecule is COCC1NOc2cn[nH]c21. The van der Waals surface area contributed by atoms with Gasteiger partial charge in [0.25, 0.3) is 0 Å². The van der Waals surface area contributed by atoms with Crippen molar-refractivity contribution in [2.45, 2.75) is 6.04 Å². The number of H-pyrrole nitrogens is 1. The molecule has 2 heterocycles. The Morgan fingerprint density at radius 1 is 1.82 bits per heavy atom. The summed E-state index contributed by atoms with van der Waals surface area (Å²) in [4.78, 5) is 5.08. The van der Waals surface area contributed by atoms with Gasteiger partial charge in [-0.3, -0.25) is 5.10 Å². The average molecular weight is 155 g/mol. The fourth-order valence-electron chi connectivity index (χ4n) is 1.09. The third kappa shape index (κ3) is 0.979. The third-order valence-electron chi connectivity index (χ3n) is 1.63. The number of aromatic amines is 1. The highest BCUT2D eigenvalue weighted by molar-refractivity contribution is 5.29. The summed E-state index contributed by atoms with van der Waals surface area (Å²) in [5, 5.41) is 6.67. The van der Waals surface area contributed by atoms with E-state index < -0.39 is 0 Å². The van der Waals surface area contributed by atoms with Gasteiger partial charge in [0.05, 0.1) is 12.8 Å². The van der Waals surface area contributed by atoms with Gasteiger partial charge in [0.2, 0.25) is 0 Å². The zero-order valence-electron chi connectivity index (χ0n) is 6.13. The van der Waals surface area contributed by atoms with Gasteiger partial charge in [-0.15, -0.1) is 5.48 Å². The Kier molecular flexibility index (Phi) is 1.52. The lowest BCUT2D eigenvalue weighted by Gasteiger charge is -2.05. The number of hydrogen-bond acceptors (Lipinski definition) is 4. The van der Waals surface area contributed by atoms with Gasteiger partial charge in [-0.2, -0.15) is 5.10 Å².